The van der Waals surface area contributed by atoms with E-state index < -0.39 is 16.1 Å². The SMILES string of the molecule is CC[C@@H](Oc1ccccc1OC)C(=O)NCCOc1ccc(S(=O)(=O)N2CCCC2)cc1. The molecule has 9 heteroatoms. The van der Waals surface area contributed by atoms with Crippen molar-refractivity contribution in [3.8, 4) is 17.2 Å². The number of rotatable bonds is 11. The van der Waals surface area contributed by atoms with Crippen LogP contribution in [0.2, 0.25) is 0 Å². The maximum atomic E-state index is 12.6. The number of ether oxygens (including phenoxy) is 3. The lowest BCUT2D eigenvalue weighted by molar-refractivity contribution is -0.128. The molecule has 1 fully saturated rings. The lowest BCUT2D eigenvalue weighted by Gasteiger charge is -2.19. The number of sulfonamides is 1. The Balaban J connectivity index is 1.46. The van der Waals surface area contributed by atoms with E-state index in [1.807, 2.05) is 19.1 Å². The van der Waals surface area contributed by atoms with Gasteiger partial charge in [-0.3, -0.25) is 4.79 Å². The fraction of sp³-hybridized carbons (Fsp3) is 0.435. The quantitative estimate of drug-likeness (QED) is 0.516. The van der Waals surface area contributed by atoms with Crippen LogP contribution in [0.4, 0.5) is 0 Å². The maximum absolute atomic E-state index is 12.6. The predicted molar refractivity (Wildman–Crippen MR) is 121 cm³/mol. The second-order valence-electron chi connectivity index (χ2n) is 7.39. The molecule has 1 atom stereocenters. The summed E-state index contributed by atoms with van der Waals surface area (Å²) >= 11 is 0. The highest BCUT2D eigenvalue weighted by Gasteiger charge is 2.27. The fourth-order valence-corrected chi connectivity index (χ4v) is 4.95. The van der Waals surface area contributed by atoms with Crippen molar-refractivity contribution in [3.63, 3.8) is 0 Å². The van der Waals surface area contributed by atoms with Crippen LogP contribution < -0.4 is 19.5 Å². The second-order valence-corrected chi connectivity index (χ2v) is 9.33. The summed E-state index contributed by atoms with van der Waals surface area (Å²) in [6.45, 7) is 3.54. The van der Waals surface area contributed by atoms with Crippen LogP contribution in [0.15, 0.2) is 53.4 Å². The van der Waals surface area contributed by atoms with Gasteiger partial charge in [-0.05, 0) is 55.7 Å². The van der Waals surface area contributed by atoms with Crippen molar-refractivity contribution in [2.45, 2.75) is 37.2 Å². The van der Waals surface area contributed by atoms with Gasteiger partial charge in [-0.25, -0.2) is 8.42 Å². The first-order valence-electron chi connectivity index (χ1n) is 10.8. The molecule has 0 saturated carbocycles. The van der Waals surface area contributed by atoms with Gasteiger partial charge in [0.1, 0.15) is 12.4 Å². The Morgan fingerprint density at radius 2 is 1.72 bits per heavy atom. The zero-order chi connectivity index (χ0) is 23.0. The van der Waals surface area contributed by atoms with Crippen molar-refractivity contribution in [1.82, 2.24) is 9.62 Å². The molecule has 8 nitrogen and oxygen atoms in total. The summed E-state index contributed by atoms with van der Waals surface area (Å²) in [5, 5.41) is 2.80. The minimum Gasteiger partial charge on any atom is -0.493 e. The monoisotopic (exact) mass is 462 g/mol. The van der Waals surface area contributed by atoms with Crippen LogP contribution in [0, 0.1) is 0 Å². The van der Waals surface area contributed by atoms with Crippen molar-refractivity contribution < 1.29 is 27.4 Å². The molecule has 1 aliphatic rings. The molecule has 3 rings (SSSR count). The molecule has 2 aromatic carbocycles. The number of hydrogen-bond acceptors (Lipinski definition) is 6. The summed E-state index contributed by atoms with van der Waals surface area (Å²) in [5.74, 6) is 1.38. The van der Waals surface area contributed by atoms with E-state index in [9.17, 15) is 13.2 Å². The smallest absolute Gasteiger partial charge is 0.261 e. The number of methoxy groups -OCH3 is 1. The van der Waals surface area contributed by atoms with Crippen molar-refractivity contribution in [3.05, 3.63) is 48.5 Å². The average molecular weight is 463 g/mol. The number of nitrogens with one attached hydrogen (secondary N) is 1. The minimum atomic E-state index is -3.44. The number of benzene rings is 2. The molecule has 0 spiro atoms. The minimum absolute atomic E-state index is 0.242. The summed E-state index contributed by atoms with van der Waals surface area (Å²) < 4.78 is 43.3. The maximum Gasteiger partial charge on any atom is 0.261 e. The third-order valence-corrected chi connectivity index (χ3v) is 7.11. The first-order valence-corrected chi connectivity index (χ1v) is 12.2. The fourth-order valence-electron chi connectivity index (χ4n) is 3.43. The van der Waals surface area contributed by atoms with Crippen LogP contribution in [0.25, 0.3) is 0 Å². The molecule has 1 saturated heterocycles. The van der Waals surface area contributed by atoms with Crippen molar-refractivity contribution in [1.29, 1.82) is 0 Å². The highest BCUT2D eigenvalue weighted by atomic mass is 32.2. The Morgan fingerprint density at radius 1 is 1.06 bits per heavy atom. The molecule has 0 aromatic heterocycles. The molecule has 1 aliphatic heterocycles. The van der Waals surface area contributed by atoms with Gasteiger partial charge in [0.15, 0.2) is 17.6 Å². The molecule has 2 aromatic rings. The summed E-state index contributed by atoms with van der Waals surface area (Å²) in [5.41, 5.74) is 0. The van der Waals surface area contributed by atoms with Gasteiger partial charge in [-0.1, -0.05) is 19.1 Å². The lowest BCUT2D eigenvalue weighted by Crippen LogP contribution is -2.39. The third kappa shape index (κ3) is 5.92. The number of carbonyl (C=O) groups excluding carboxylic acids is 1. The number of hydrogen-bond donors (Lipinski definition) is 1. The molecule has 1 heterocycles. The predicted octanol–water partition coefficient (Wildman–Crippen LogP) is 2.83. The number of nitrogens with zero attached hydrogens (tertiary/aromatic N) is 1. The highest BCUT2D eigenvalue weighted by molar-refractivity contribution is 7.89. The summed E-state index contributed by atoms with van der Waals surface area (Å²) in [6, 6.07) is 13.5. The molecule has 32 heavy (non-hydrogen) atoms. The second kappa shape index (κ2) is 11.2. The van der Waals surface area contributed by atoms with Crippen molar-refractivity contribution in [2.75, 3.05) is 33.4 Å². The molecule has 174 valence electrons. The van der Waals surface area contributed by atoms with E-state index in [1.54, 1.807) is 43.5 Å². The third-order valence-electron chi connectivity index (χ3n) is 5.20. The van der Waals surface area contributed by atoms with E-state index >= 15 is 0 Å². The zero-order valence-electron chi connectivity index (χ0n) is 18.5. The van der Waals surface area contributed by atoms with Gasteiger partial charge in [-0.15, -0.1) is 0 Å². The standard InChI is InChI=1S/C23H30N2O6S/c1-3-20(31-22-9-5-4-8-21(22)29-2)23(26)24-14-17-30-18-10-12-19(13-11-18)32(27,28)25-15-6-7-16-25/h4-5,8-13,20H,3,6-7,14-17H2,1-2H3,(H,24,26)/t20-/m1/s1. The zero-order valence-corrected chi connectivity index (χ0v) is 19.3. The van der Waals surface area contributed by atoms with Gasteiger partial charge >= 0.3 is 0 Å². The molecule has 0 radical (unpaired) electrons. The Hall–Kier alpha value is -2.78. The number of para-hydroxylation sites is 2. The Bertz CT molecular complexity index is 988. The van der Waals surface area contributed by atoms with Gasteiger partial charge in [0.2, 0.25) is 10.0 Å². The van der Waals surface area contributed by atoms with Crippen molar-refractivity contribution in [2.24, 2.45) is 0 Å². The topological polar surface area (TPSA) is 94.2 Å². The molecular weight excluding hydrogens is 432 g/mol. The van der Waals surface area contributed by atoms with E-state index in [-0.39, 0.29) is 17.4 Å². The van der Waals surface area contributed by atoms with E-state index in [1.165, 1.54) is 4.31 Å². The van der Waals surface area contributed by atoms with Gasteiger partial charge in [-0.2, -0.15) is 4.31 Å². The molecule has 0 bridgehead atoms. The normalized spacial score (nSPS) is 15.2. The van der Waals surface area contributed by atoms with E-state index in [0.29, 0.717) is 43.3 Å². The average Bonchev–Trinajstić information content (AvgIpc) is 3.36. The molecule has 1 N–H and O–H groups in total. The van der Waals surface area contributed by atoms with Gasteiger partial charge in [0.25, 0.3) is 5.91 Å². The van der Waals surface area contributed by atoms with Crippen molar-refractivity contribution >= 4 is 15.9 Å². The molecular formula is C23H30N2O6S. The molecule has 0 aliphatic carbocycles. The highest BCUT2D eigenvalue weighted by Crippen LogP contribution is 2.27. The Labute approximate surface area is 189 Å². The van der Waals surface area contributed by atoms with Gasteiger partial charge in [0, 0.05) is 13.1 Å². The van der Waals surface area contributed by atoms with Crippen LogP contribution in [0.5, 0.6) is 17.2 Å². The van der Waals surface area contributed by atoms with Crippen LogP contribution in [0.1, 0.15) is 26.2 Å². The number of amides is 1. The molecule has 0 unspecified atom stereocenters. The first-order chi connectivity index (χ1) is 15.5. The Morgan fingerprint density at radius 3 is 2.34 bits per heavy atom. The van der Waals surface area contributed by atoms with E-state index in [0.717, 1.165) is 12.8 Å². The summed E-state index contributed by atoms with van der Waals surface area (Å²) in [7, 11) is -1.89. The number of carbonyl (C=O) groups is 1. The van der Waals surface area contributed by atoms with Crippen LogP contribution >= 0.6 is 0 Å². The van der Waals surface area contributed by atoms with E-state index in [4.69, 9.17) is 14.2 Å². The summed E-state index contributed by atoms with van der Waals surface area (Å²) in [4.78, 5) is 12.7. The van der Waals surface area contributed by atoms with Crippen LogP contribution in [0.3, 0.4) is 0 Å². The lowest BCUT2D eigenvalue weighted by atomic mass is 10.2. The van der Waals surface area contributed by atoms with Crippen LogP contribution in [-0.2, 0) is 14.8 Å². The molecule has 1 amide bonds. The first kappa shape index (κ1) is 23.9. The Kier molecular flexibility index (Phi) is 8.35. The summed E-state index contributed by atoms with van der Waals surface area (Å²) in [6.07, 6.45) is 1.64. The largest absolute Gasteiger partial charge is 0.493 e. The van der Waals surface area contributed by atoms with Gasteiger partial charge in [0.05, 0.1) is 18.6 Å². The van der Waals surface area contributed by atoms with Crippen LogP contribution in [-0.4, -0.2) is 58.1 Å². The van der Waals surface area contributed by atoms with Gasteiger partial charge < -0.3 is 19.5 Å². The van der Waals surface area contributed by atoms with E-state index in [2.05, 4.69) is 5.32 Å².